The van der Waals surface area contributed by atoms with Gasteiger partial charge in [-0.15, -0.1) is 0 Å². The highest BCUT2D eigenvalue weighted by Crippen LogP contribution is 2.24. The van der Waals surface area contributed by atoms with Gasteiger partial charge in [0.25, 0.3) is 0 Å². The highest BCUT2D eigenvalue weighted by molar-refractivity contribution is 5.95. The van der Waals surface area contributed by atoms with E-state index in [1.54, 1.807) is 24.3 Å². The number of carbonyl (C=O) groups is 2. The van der Waals surface area contributed by atoms with Crippen molar-refractivity contribution in [3.63, 3.8) is 0 Å². The molecule has 2 aromatic rings. The number of hydrogen-bond donors (Lipinski definition) is 1. The topological polar surface area (TPSA) is 76.5 Å². The largest absolute Gasteiger partial charge is 0.497 e. The third-order valence-corrected chi connectivity index (χ3v) is 4.74. The molecule has 0 radical (unpaired) electrons. The smallest absolute Gasteiger partial charge is 0.245 e. The molecule has 0 saturated carbocycles. The number of likely N-dealkylation sites (tertiary alicyclic amines) is 1. The Morgan fingerprint density at radius 2 is 2.15 bits per heavy atom. The number of hydrogen-bond acceptors (Lipinski definition) is 4. The van der Waals surface area contributed by atoms with E-state index in [4.69, 9.17) is 4.74 Å². The Hall–Kier alpha value is -2.83. The Balaban J connectivity index is 1.54. The predicted molar refractivity (Wildman–Crippen MR) is 98.0 cm³/mol. The lowest BCUT2D eigenvalue weighted by Crippen LogP contribution is -2.55. The molecule has 1 atom stereocenters. The van der Waals surface area contributed by atoms with Crippen LogP contribution in [-0.4, -0.2) is 46.5 Å². The molecule has 7 nitrogen and oxygen atoms in total. The van der Waals surface area contributed by atoms with Crippen molar-refractivity contribution < 1.29 is 14.3 Å². The second kappa shape index (κ2) is 7.59. The highest BCUT2D eigenvalue weighted by Gasteiger charge is 2.37. The van der Waals surface area contributed by atoms with Gasteiger partial charge in [0, 0.05) is 43.7 Å². The SMILES string of the molecule is CCc1nccn1C(C)C(=O)N1CC(C(=O)Nc2cccc(OC)c2)C1. The van der Waals surface area contributed by atoms with Crippen LogP contribution in [-0.2, 0) is 16.0 Å². The van der Waals surface area contributed by atoms with E-state index in [1.165, 1.54) is 0 Å². The first-order chi connectivity index (χ1) is 12.5. The van der Waals surface area contributed by atoms with Gasteiger partial charge in [-0.1, -0.05) is 13.0 Å². The number of imidazole rings is 1. The average Bonchev–Trinajstić information content (AvgIpc) is 3.08. The summed E-state index contributed by atoms with van der Waals surface area (Å²) in [6, 6.07) is 6.92. The van der Waals surface area contributed by atoms with Crippen LogP contribution in [0.5, 0.6) is 5.75 Å². The zero-order valence-electron chi connectivity index (χ0n) is 15.3. The van der Waals surface area contributed by atoms with Crippen molar-refractivity contribution >= 4 is 17.5 Å². The second-order valence-corrected chi connectivity index (χ2v) is 6.44. The van der Waals surface area contributed by atoms with Gasteiger partial charge in [0.15, 0.2) is 0 Å². The number of aromatic nitrogens is 2. The number of nitrogens with one attached hydrogen (secondary N) is 1. The molecular weight excluding hydrogens is 332 g/mol. The van der Waals surface area contributed by atoms with Gasteiger partial charge >= 0.3 is 0 Å². The molecule has 138 valence electrons. The van der Waals surface area contributed by atoms with Crippen molar-refractivity contribution in [2.45, 2.75) is 26.3 Å². The molecule has 26 heavy (non-hydrogen) atoms. The molecule has 1 unspecified atom stereocenters. The van der Waals surface area contributed by atoms with Crippen molar-refractivity contribution in [1.29, 1.82) is 0 Å². The fourth-order valence-electron chi connectivity index (χ4n) is 3.12. The maximum Gasteiger partial charge on any atom is 0.245 e. The number of anilines is 1. The maximum absolute atomic E-state index is 12.6. The second-order valence-electron chi connectivity index (χ2n) is 6.44. The Bertz CT molecular complexity index is 796. The average molecular weight is 356 g/mol. The summed E-state index contributed by atoms with van der Waals surface area (Å²) in [7, 11) is 1.59. The quantitative estimate of drug-likeness (QED) is 0.860. The third kappa shape index (κ3) is 3.56. The summed E-state index contributed by atoms with van der Waals surface area (Å²) >= 11 is 0. The minimum absolute atomic E-state index is 0.0168. The van der Waals surface area contributed by atoms with Crippen LogP contribution in [0.25, 0.3) is 0 Å². The minimum atomic E-state index is -0.310. The molecule has 7 heteroatoms. The molecule has 1 aromatic heterocycles. The fourth-order valence-corrected chi connectivity index (χ4v) is 3.12. The summed E-state index contributed by atoms with van der Waals surface area (Å²) in [6.07, 6.45) is 4.31. The lowest BCUT2D eigenvalue weighted by Gasteiger charge is -2.39. The van der Waals surface area contributed by atoms with Crippen LogP contribution in [0, 0.1) is 5.92 Å². The van der Waals surface area contributed by atoms with E-state index >= 15 is 0 Å². The van der Waals surface area contributed by atoms with E-state index in [0.717, 1.165) is 12.2 Å². The van der Waals surface area contributed by atoms with Crippen LogP contribution in [0.15, 0.2) is 36.7 Å². The van der Waals surface area contributed by atoms with Crippen molar-refractivity contribution in [3.8, 4) is 5.75 Å². The highest BCUT2D eigenvalue weighted by atomic mass is 16.5. The van der Waals surface area contributed by atoms with E-state index in [9.17, 15) is 9.59 Å². The molecule has 2 heterocycles. The summed E-state index contributed by atoms with van der Waals surface area (Å²) < 4.78 is 7.05. The number of nitrogens with zero attached hydrogens (tertiary/aromatic N) is 3. The Kier molecular flexibility index (Phi) is 5.25. The van der Waals surface area contributed by atoms with E-state index in [0.29, 0.717) is 24.5 Å². The van der Waals surface area contributed by atoms with Crippen molar-refractivity contribution in [1.82, 2.24) is 14.5 Å². The molecule has 3 rings (SSSR count). The first-order valence-electron chi connectivity index (χ1n) is 8.79. The molecule has 1 aliphatic rings. The number of amides is 2. The fraction of sp³-hybridized carbons (Fsp3) is 0.421. The summed E-state index contributed by atoms with van der Waals surface area (Å²) in [5.41, 5.74) is 0.693. The molecule has 1 saturated heterocycles. The lowest BCUT2D eigenvalue weighted by molar-refractivity contribution is -0.143. The van der Waals surface area contributed by atoms with Crippen LogP contribution in [0.1, 0.15) is 25.7 Å². The monoisotopic (exact) mass is 356 g/mol. The molecule has 1 fully saturated rings. The molecule has 1 N–H and O–H groups in total. The van der Waals surface area contributed by atoms with Crippen LogP contribution < -0.4 is 10.1 Å². The molecule has 0 bridgehead atoms. The number of benzene rings is 1. The Morgan fingerprint density at radius 3 is 2.85 bits per heavy atom. The van der Waals surface area contributed by atoms with Crippen LogP contribution in [0.4, 0.5) is 5.69 Å². The first-order valence-corrected chi connectivity index (χ1v) is 8.79. The maximum atomic E-state index is 12.6. The number of aryl methyl sites for hydroxylation is 1. The molecule has 1 aromatic carbocycles. The predicted octanol–water partition coefficient (Wildman–Crippen LogP) is 2.11. The molecule has 0 spiro atoms. The van der Waals surface area contributed by atoms with Crippen LogP contribution >= 0.6 is 0 Å². The zero-order valence-corrected chi connectivity index (χ0v) is 15.3. The van der Waals surface area contributed by atoms with Gasteiger partial charge in [0.1, 0.15) is 17.6 Å². The molecule has 1 aliphatic heterocycles. The molecular formula is C19H24N4O3. The standard InChI is InChI=1S/C19H24N4O3/c1-4-17-20-8-9-23(17)13(2)19(25)22-11-14(12-22)18(24)21-15-6-5-7-16(10-15)26-3/h5-10,13-14H,4,11-12H2,1-3H3,(H,21,24). The summed E-state index contributed by atoms with van der Waals surface area (Å²) in [6.45, 7) is 4.76. The molecule has 0 aliphatic carbocycles. The van der Waals surface area contributed by atoms with Gasteiger partial charge in [-0.3, -0.25) is 9.59 Å². The normalized spacial score (nSPS) is 15.3. The van der Waals surface area contributed by atoms with Gasteiger partial charge in [-0.05, 0) is 19.1 Å². The van der Waals surface area contributed by atoms with E-state index in [1.807, 2.05) is 42.8 Å². The summed E-state index contributed by atoms with van der Waals surface area (Å²) in [5.74, 6) is 1.33. The third-order valence-electron chi connectivity index (χ3n) is 4.74. The van der Waals surface area contributed by atoms with Crippen LogP contribution in [0.2, 0.25) is 0 Å². The number of rotatable bonds is 6. The summed E-state index contributed by atoms with van der Waals surface area (Å²) in [4.78, 5) is 31.0. The number of ether oxygens (including phenoxy) is 1. The van der Waals surface area contributed by atoms with Gasteiger partial charge in [0.05, 0.1) is 13.0 Å². The van der Waals surface area contributed by atoms with E-state index < -0.39 is 0 Å². The van der Waals surface area contributed by atoms with Crippen molar-refractivity contribution in [2.24, 2.45) is 5.92 Å². The Labute approximate surface area is 153 Å². The van der Waals surface area contributed by atoms with Crippen molar-refractivity contribution in [3.05, 3.63) is 42.5 Å². The lowest BCUT2D eigenvalue weighted by atomic mass is 9.98. The Morgan fingerprint density at radius 1 is 1.38 bits per heavy atom. The van der Waals surface area contributed by atoms with Crippen molar-refractivity contribution in [2.75, 3.05) is 25.5 Å². The number of carbonyl (C=O) groups excluding carboxylic acids is 2. The van der Waals surface area contributed by atoms with Gasteiger partial charge in [-0.2, -0.15) is 0 Å². The minimum Gasteiger partial charge on any atom is -0.497 e. The molecule has 2 amide bonds. The van der Waals surface area contributed by atoms with E-state index in [2.05, 4.69) is 10.3 Å². The summed E-state index contributed by atoms with van der Waals surface area (Å²) in [5, 5.41) is 2.88. The van der Waals surface area contributed by atoms with Gasteiger partial charge < -0.3 is 19.5 Å². The van der Waals surface area contributed by atoms with Crippen LogP contribution in [0.3, 0.4) is 0 Å². The first kappa shape index (κ1) is 18.0. The number of methoxy groups -OCH3 is 1. The zero-order chi connectivity index (χ0) is 18.7. The van der Waals surface area contributed by atoms with Gasteiger partial charge in [-0.25, -0.2) is 4.98 Å². The van der Waals surface area contributed by atoms with Gasteiger partial charge in [0.2, 0.25) is 11.8 Å². The van der Waals surface area contributed by atoms with E-state index in [-0.39, 0.29) is 23.8 Å².